The zero-order valence-electron chi connectivity index (χ0n) is 17.3. The molecule has 1 aliphatic rings. The average Bonchev–Trinajstić information content (AvgIpc) is 2.67. The van der Waals surface area contributed by atoms with Crippen molar-refractivity contribution < 1.29 is 17.9 Å². The summed E-state index contributed by atoms with van der Waals surface area (Å²) < 4.78 is 32.9. The Morgan fingerprint density at radius 3 is 2.07 bits per heavy atom. The Hall–Kier alpha value is -2.22. The smallest absolute Gasteiger partial charge is 0.255 e. The molecule has 0 aliphatic carbocycles. The van der Waals surface area contributed by atoms with Crippen molar-refractivity contribution in [3.05, 3.63) is 59.7 Å². The third-order valence-corrected chi connectivity index (χ3v) is 6.82. The molecule has 0 bridgehead atoms. The summed E-state index contributed by atoms with van der Waals surface area (Å²) in [4.78, 5) is 12.7. The molecule has 1 fully saturated rings. The summed E-state index contributed by atoms with van der Waals surface area (Å²) in [5.41, 5.74) is 2.30. The highest BCUT2D eigenvalue weighted by molar-refractivity contribution is 7.89. The number of sulfonamides is 1. The van der Waals surface area contributed by atoms with Gasteiger partial charge in [-0.1, -0.05) is 26.0 Å². The zero-order valence-corrected chi connectivity index (χ0v) is 18.1. The lowest BCUT2D eigenvalue weighted by Gasteiger charge is -2.34. The van der Waals surface area contributed by atoms with E-state index < -0.39 is 10.0 Å². The van der Waals surface area contributed by atoms with Crippen LogP contribution >= 0.6 is 0 Å². The van der Waals surface area contributed by atoms with Gasteiger partial charge in [0.25, 0.3) is 5.91 Å². The first kappa shape index (κ1) is 21.5. The minimum atomic E-state index is -3.62. The summed E-state index contributed by atoms with van der Waals surface area (Å²) in [6.07, 6.45) is -0.304. The van der Waals surface area contributed by atoms with Crippen LogP contribution < -0.4 is 5.32 Å². The van der Waals surface area contributed by atoms with Crippen molar-refractivity contribution in [3.8, 4) is 0 Å². The topological polar surface area (TPSA) is 75.7 Å². The number of ether oxygens (including phenoxy) is 1. The highest BCUT2D eigenvalue weighted by Gasteiger charge is 2.32. The molecular weight excluding hydrogens is 388 g/mol. The first-order chi connectivity index (χ1) is 13.7. The lowest BCUT2D eigenvalue weighted by molar-refractivity contribution is -0.0440. The maximum atomic E-state index is 12.9. The molecule has 2 aromatic rings. The highest BCUT2D eigenvalue weighted by Crippen LogP contribution is 2.22. The molecule has 1 heterocycles. The molecule has 29 heavy (non-hydrogen) atoms. The molecule has 2 aromatic carbocycles. The summed E-state index contributed by atoms with van der Waals surface area (Å²) in [5.74, 6) is 0.145. The average molecular weight is 417 g/mol. The number of nitrogens with one attached hydrogen (secondary N) is 1. The molecular formula is C22H28N2O4S. The van der Waals surface area contributed by atoms with Gasteiger partial charge in [0.2, 0.25) is 10.0 Å². The van der Waals surface area contributed by atoms with Crippen molar-refractivity contribution in [2.75, 3.05) is 18.4 Å². The standard InChI is InChI=1S/C22H28N2O4S/c1-15(2)18-5-9-20(10-6-18)23-22(25)19-7-11-21(12-8-19)29(26,27)24-13-16(3)28-17(4)14-24/h5-12,15-17H,13-14H2,1-4H3,(H,23,25). The lowest BCUT2D eigenvalue weighted by Crippen LogP contribution is -2.48. The molecule has 0 saturated carbocycles. The van der Waals surface area contributed by atoms with Crippen LogP contribution in [-0.2, 0) is 14.8 Å². The fraction of sp³-hybridized carbons (Fsp3) is 0.409. The molecule has 1 amide bonds. The Balaban J connectivity index is 1.71. The maximum absolute atomic E-state index is 12.9. The van der Waals surface area contributed by atoms with Crippen LogP contribution in [-0.4, -0.2) is 43.9 Å². The van der Waals surface area contributed by atoms with Crippen LogP contribution in [0.5, 0.6) is 0 Å². The molecule has 3 rings (SSSR count). The van der Waals surface area contributed by atoms with Crippen molar-refractivity contribution in [1.29, 1.82) is 0 Å². The number of rotatable bonds is 5. The predicted molar refractivity (Wildman–Crippen MR) is 114 cm³/mol. The van der Waals surface area contributed by atoms with Gasteiger partial charge in [-0.25, -0.2) is 8.42 Å². The van der Waals surface area contributed by atoms with E-state index in [1.54, 1.807) is 0 Å². The van der Waals surface area contributed by atoms with E-state index in [9.17, 15) is 13.2 Å². The number of morpholine rings is 1. The molecule has 156 valence electrons. The number of benzene rings is 2. The van der Waals surface area contributed by atoms with E-state index in [0.717, 1.165) is 0 Å². The van der Waals surface area contributed by atoms with Gasteiger partial charge in [-0.05, 0) is 61.7 Å². The normalized spacial score (nSPS) is 20.6. The van der Waals surface area contributed by atoms with Crippen molar-refractivity contribution in [3.63, 3.8) is 0 Å². The minimum Gasteiger partial charge on any atom is -0.373 e. The summed E-state index contributed by atoms with van der Waals surface area (Å²) in [6.45, 7) is 8.59. The van der Waals surface area contributed by atoms with E-state index in [0.29, 0.717) is 30.3 Å². The van der Waals surface area contributed by atoms with E-state index >= 15 is 0 Å². The molecule has 0 aromatic heterocycles. The second-order valence-electron chi connectivity index (χ2n) is 7.83. The van der Waals surface area contributed by atoms with Gasteiger partial charge in [0.05, 0.1) is 17.1 Å². The van der Waals surface area contributed by atoms with E-state index in [1.165, 1.54) is 34.1 Å². The quantitative estimate of drug-likeness (QED) is 0.803. The van der Waals surface area contributed by atoms with Gasteiger partial charge >= 0.3 is 0 Å². The summed E-state index contributed by atoms with van der Waals surface area (Å²) >= 11 is 0. The first-order valence-corrected chi connectivity index (χ1v) is 11.3. The molecule has 1 saturated heterocycles. The van der Waals surface area contributed by atoms with Crippen molar-refractivity contribution in [2.24, 2.45) is 0 Å². The van der Waals surface area contributed by atoms with Gasteiger partial charge in [0.1, 0.15) is 0 Å². The second kappa shape index (κ2) is 8.65. The van der Waals surface area contributed by atoms with Crippen molar-refractivity contribution in [1.82, 2.24) is 4.31 Å². The number of anilines is 1. The molecule has 2 unspecified atom stereocenters. The Kier molecular flexibility index (Phi) is 6.41. The van der Waals surface area contributed by atoms with Crippen LogP contribution in [0.15, 0.2) is 53.4 Å². The molecule has 0 radical (unpaired) electrons. The van der Waals surface area contributed by atoms with Gasteiger partial charge in [-0.3, -0.25) is 4.79 Å². The molecule has 0 spiro atoms. The largest absolute Gasteiger partial charge is 0.373 e. The van der Waals surface area contributed by atoms with Gasteiger partial charge in [-0.15, -0.1) is 0 Å². The Morgan fingerprint density at radius 1 is 1.00 bits per heavy atom. The second-order valence-corrected chi connectivity index (χ2v) is 9.77. The zero-order chi connectivity index (χ0) is 21.2. The highest BCUT2D eigenvalue weighted by atomic mass is 32.2. The summed E-state index contributed by atoms with van der Waals surface area (Å²) in [6, 6.07) is 13.8. The molecule has 7 heteroatoms. The number of hydrogen-bond acceptors (Lipinski definition) is 4. The lowest BCUT2D eigenvalue weighted by atomic mass is 10.0. The number of carbonyl (C=O) groups excluding carboxylic acids is 1. The van der Waals surface area contributed by atoms with Crippen LogP contribution in [0.2, 0.25) is 0 Å². The number of hydrogen-bond donors (Lipinski definition) is 1. The van der Waals surface area contributed by atoms with E-state index in [-0.39, 0.29) is 23.0 Å². The summed E-state index contributed by atoms with van der Waals surface area (Å²) in [7, 11) is -3.62. The Bertz CT molecular complexity index is 943. The van der Waals surface area contributed by atoms with Crippen LogP contribution in [0.25, 0.3) is 0 Å². The monoisotopic (exact) mass is 416 g/mol. The number of amides is 1. The van der Waals surface area contributed by atoms with Crippen LogP contribution in [0, 0.1) is 0 Å². The van der Waals surface area contributed by atoms with Crippen LogP contribution in [0.4, 0.5) is 5.69 Å². The first-order valence-electron chi connectivity index (χ1n) is 9.84. The molecule has 1 N–H and O–H groups in total. The van der Waals surface area contributed by atoms with E-state index in [1.807, 2.05) is 38.1 Å². The van der Waals surface area contributed by atoms with Crippen molar-refractivity contribution >= 4 is 21.6 Å². The van der Waals surface area contributed by atoms with Gasteiger partial charge in [0, 0.05) is 24.3 Å². The van der Waals surface area contributed by atoms with Gasteiger partial charge in [-0.2, -0.15) is 4.31 Å². The third-order valence-electron chi connectivity index (χ3n) is 4.98. The predicted octanol–water partition coefficient (Wildman–Crippen LogP) is 3.86. The fourth-order valence-electron chi connectivity index (χ4n) is 3.41. The SMILES string of the molecule is CC1CN(S(=O)(=O)c2ccc(C(=O)Nc3ccc(C(C)C)cc3)cc2)CC(C)O1. The molecule has 6 nitrogen and oxygen atoms in total. The summed E-state index contributed by atoms with van der Waals surface area (Å²) in [5, 5.41) is 2.84. The fourth-order valence-corrected chi connectivity index (χ4v) is 5.00. The van der Waals surface area contributed by atoms with Crippen LogP contribution in [0.1, 0.15) is 49.5 Å². The number of nitrogens with zero attached hydrogens (tertiary/aromatic N) is 1. The van der Waals surface area contributed by atoms with E-state index in [2.05, 4.69) is 19.2 Å². The van der Waals surface area contributed by atoms with Gasteiger partial charge in [0.15, 0.2) is 0 Å². The molecule has 1 aliphatic heterocycles. The third kappa shape index (κ3) is 5.04. The van der Waals surface area contributed by atoms with Gasteiger partial charge < -0.3 is 10.1 Å². The Morgan fingerprint density at radius 2 is 1.55 bits per heavy atom. The van der Waals surface area contributed by atoms with E-state index in [4.69, 9.17) is 4.74 Å². The Labute approximate surface area is 172 Å². The minimum absolute atomic E-state index is 0.152. The number of carbonyl (C=O) groups is 1. The van der Waals surface area contributed by atoms with Crippen LogP contribution in [0.3, 0.4) is 0 Å². The maximum Gasteiger partial charge on any atom is 0.255 e. The van der Waals surface area contributed by atoms with Crippen molar-refractivity contribution in [2.45, 2.75) is 50.7 Å². The molecule has 2 atom stereocenters.